The molecule has 120 valence electrons. The summed E-state index contributed by atoms with van der Waals surface area (Å²) in [4.78, 5) is 30.0. The van der Waals surface area contributed by atoms with Gasteiger partial charge in [-0.1, -0.05) is 30.3 Å². The van der Waals surface area contributed by atoms with E-state index in [4.69, 9.17) is 0 Å². The lowest BCUT2D eigenvalue weighted by atomic mass is 10.0. The highest BCUT2D eigenvalue weighted by Gasteiger charge is 2.12. The molecule has 0 radical (unpaired) electrons. The number of pyridine rings is 1. The second-order valence-electron chi connectivity index (χ2n) is 5.27. The topological polar surface area (TPSA) is 95.1 Å². The molecule has 0 atom stereocenters. The maximum atomic E-state index is 11.6. The largest absolute Gasteiger partial charge is 0.478 e. The minimum Gasteiger partial charge on any atom is -0.478 e. The summed E-state index contributed by atoms with van der Waals surface area (Å²) in [5, 5.41) is 12.9. The summed E-state index contributed by atoms with van der Waals surface area (Å²) in [6.07, 6.45) is 4.83. The van der Waals surface area contributed by atoms with Crippen molar-refractivity contribution in [1.29, 1.82) is 0 Å². The minimum atomic E-state index is -1.01. The molecule has 0 saturated heterocycles. The molecule has 2 aromatic heterocycles. The van der Waals surface area contributed by atoms with E-state index in [1.165, 1.54) is 6.92 Å². The average Bonchev–Trinajstić information content (AvgIpc) is 2.95. The number of aliphatic carboxylic acids is 1. The van der Waals surface area contributed by atoms with Crippen molar-refractivity contribution in [3.8, 4) is 0 Å². The molecule has 1 aromatic carbocycles. The number of amides is 1. The van der Waals surface area contributed by atoms with E-state index < -0.39 is 5.97 Å². The summed E-state index contributed by atoms with van der Waals surface area (Å²) >= 11 is 0. The maximum absolute atomic E-state index is 11.6. The Hall–Kier alpha value is -3.41. The van der Waals surface area contributed by atoms with Crippen molar-refractivity contribution in [1.82, 2.24) is 9.97 Å². The van der Waals surface area contributed by atoms with Crippen LogP contribution in [0.5, 0.6) is 0 Å². The predicted molar refractivity (Wildman–Crippen MR) is 92.3 cm³/mol. The zero-order chi connectivity index (χ0) is 17.1. The molecular formula is C18H15N3O3. The van der Waals surface area contributed by atoms with Crippen molar-refractivity contribution in [3.63, 3.8) is 0 Å². The molecule has 0 aliphatic carbocycles. The van der Waals surface area contributed by atoms with E-state index in [9.17, 15) is 14.7 Å². The van der Waals surface area contributed by atoms with Crippen LogP contribution in [0.3, 0.4) is 0 Å². The molecule has 6 heteroatoms. The number of hydrogen-bond acceptors (Lipinski definition) is 3. The minimum absolute atomic E-state index is 0.182. The third-order valence-electron chi connectivity index (χ3n) is 3.50. The molecule has 6 nitrogen and oxygen atoms in total. The lowest BCUT2D eigenvalue weighted by molar-refractivity contribution is -0.130. The number of aromatic nitrogens is 2. The Morgan fingerprint density at radius 1 is 1.25 bits per heavy atom. The predicted octanol–water partition coefficient (Wildman–Crippen LogP) is 3.15. The Kier molecular flexibility index (Phi) is 4.11. The van der Waals surface area contributed by atoms with Gasteiger partial charge in [0.25, 0.3) is 0 Å². The first-order valence-electron chi connectivity index (χ1n) is 7.30. The first-order valence-corrected chi connectivity index (χ1v) is 7.30. The lowest BCUT2D eigenvalue weighted by Crippen LogP contribution is -2.05. The molecule has 0 aliphatic rings. The molecule has 3 aromatic rings. The van der Waals surface area contributed by atoms with Crippen molar-refractivity contribution in [3.05, 3.63) is 59.9 Å². The number of rotatable bonds is 4. The second kappa shape index (κ2) is 6.37. The Balaban J connectivity index is 2.10. The highest BCUT2D eigenvalue weighted by atomic mass is 16.4. The Morgan fingerprint density at radius 2 is 2.00 bits per heavy atom. The smallest absolute Gasteiger partial charge is 0.336 e. The molecule has 0 aliphatic heterocycles. The van der Waals surface area contributed by atoms with E-state index in [1.54, 1.807) is 48.8 Å². The monoisotopic (exact) mass is 321 g/mol. The molecule has 3 rings (SSSR count). The van der Waals surface area contributed by atoms with Gasteiger partial charge in [-0.05, 0) is 17.7 Å². The van der Waals surface area contributed by atoms with Crippen LogP contribution in [0.1, 0.15) is 18.1 Å². The van der Waals surface area contributed by atoms with Crippen LogP contribution >= 0.6 is 0 Å². The number of aromatic amines is 1. The molecule has 3 N–H and O–H groups in total. The Bertz CT molecular complexity index is 943. The number of nitrogens with zero attached hydrogens (tertiary/aromatic N) is 1. The van der Waals surface area contributed by atoms with E-state index in [0.29, 0.717) is 22.5 Å². The second-order valence-corrected chi connectivity index (χ2v) is 5.27. The first-order chi connectivity index (χ1) is 11.5. The van der Waals surface area contributed by atoms with Gasteiger partial charge in [0.15, 0.2) is 0 Å². The molecule has 0 bridgehead atoms. The number of carbonyl (C=O) groups is 2. The molecule has 0 spiro atoms. The van der Waals surface area contributed by atoms with Crippen molar-refractivity contribution in [2.24, 2.45) is 0 Å². The normalized spacial score (nSPS) is 11.5. The average molecular weight is 321 g/mol. The fraction of sp³-hybridized carbons (Fsp3) is 0.0556. The van der Waals surface area contributed by atoms with Crippen LogP contribution in [0, 0.1) is 0 Å². The van der Waals surface area contributed by atoms with Crippen molar-refractivity contribution in [2.45, 2.75) is 6.92 Å². The number of carbonyl (C=O) groups excluding carboxylic acids is 1. The molecule has 0 fully saturated rings. The van der Waals surface area contributed by atoms with E-state index >= 15 is 0 Å². The van der Waals surface area contributed by atoms with Gasteiger partial charge in [-0.25, -0.2) is 9.78 Å². The molecule has 24 heavy (non-hydrogen) atoms. The SMILES string of the molecule is CC(=O)Nc1cnc2[nH]cc(/C=C(/C(=O)O)c3ccccc3)c2c1. The third kappa shape index (κ3) is 3.17. The summed E-state index contributed by atoms with van der Waals surface area (Å²) in [6, 6.07) is 10.7. The van der Waals surface area contributed by atoms with Gasteiger partial charge >= 0.3 is 5.97 Å². The van der Waals surface area contributed by atoms with Gasteiger partial charge in [-0.15, -0.1) is 0 Å². The van der Waals surface area contributed by atoms with Crippen LogP contribution in [-0.2, 0) is 9.59 Å². The fourth-order valence-electron chi connectivity index (χ4n) is 2.46. The lowest BCUT2D eigenvalue weighted by Gasteiger charge is -2.03. The summed E-state index contributed by atoms with van der Waals surface area (Å²) in [7, 11) is 0. The molecule has 2 heterocycles. The van der Waals surface area contributed by atoms with Gasteiger partial charge in [0.05, 0.1) is 17.5 Å². The number of fused-ring (bicyclic) bond motifs is 1. The van der Waals surface area contributed by atoms with E-state index in [2.05, 4.69) is 15.3 Å². The van der Waals surface area contributed by atoms with Crippen LogP contribution < -0.4 is 5.32 Å². The summed E-state index contributed by atoms with van der Waals surface area (Å²) in [5.41, 5.74) is 2.66. The summed E-state index contributed by atoms with van der Waals surface area (Å²) in [5.74, 6) is -1.21. The molecule has 1 amide bonds. The van der Waals surface area contributed by atoms with Crippen LogP contribution in [0.2, 0.25) is 0 Å². The zero-order valence-electron chi connectivity index (χ0n) is 12.9. The van der Waals surface area contributed by atoms with Crippen LogP contribution in [0.4, 0.5) is 5.69 Å². The standard InChI is InChI=1S/C18H15N3O3/c1-11(22)21-14-8-15-13(9-19-17(15)20-10-14)7-16(18(23)24)12-5-3-2-4-6-12/h2-10H,1H3,(H,19,20)(H,21,22)(H,23,24)/b16-7+. The van der Waals surface area contributed by atoms with Crippen LogP contribution in [0.25, 0.3) is 22.7 Å². The zero-order valence-corrected chi connectivity index (χ0v) is 12.9. The van der Waals surface area contributed by atoms with Crippen LogP contribution in [0.15, 0.2) is 48.8 Å². The van der Waals surface area contributed by atoms with E-state index in [1.807, 2.05) is 6.07 Å². The molecule has 0 unspecified atom stereocenters. The van der Waals surface area contributed by atoms with Crippen LogP contribution in [-0.4, -0.2) is 27.0 Å². The quantitative estimate of drug-likeness (QED) is 0.643. The van der Waals surface area contributed by atoms with Gasteiger partial charge in [0.2, 0.25) is 5.91 Å². The van der Waals surface area contributed by atoms with Crippen molar-refractivity contribution >= 4 is 40.2 Å². The number of benzene rings is 1. The van der Waals surface area contributed by atoms with E-state index in [0.717, 1.165) is 5.39 Å². The number of carboxylic acid groups (broad SMARTS) is 1. The number of hydrogen-bond donors (Lipinski definition) is 3. The highest BCUT2D eigenvalue weighted by Crippen LogP contribution is 2.25. The highest BCUT2D eigenvalue weighted by molar-refractivity contribution is 6.21. The van der Waals surface area contributed by atoms with Gasteiger partial charge in [-0.3, -0.25) is 4.79 Å². The Labute approximate surface area is 137 Å². The number of H-pyrrole nitrogens is 1. The third-order valence-corrected chi connectivity index (χ3v) is 3.50. The fourth-order valence-corrected chi connectivity index (χ4v) is 2.46. The number of carboxylic acids is 1. The maximum Gasteiger partial charge on any atom is 0.336 e. The number of anilines is 1. The molecular weight excluding hydrogens is 306 g/mol. The van der Waals surface area contributed by atoms with Gasteiger partial charge in [-0.2, -0.15) is 0 Å². The Morgan fingerprint density at radius 3 is 2.67 bits per heavy atom. The van der Waals surface area contributed by atoms with Crippen molar-refractivity contribution < 1.29 is 14.7 Å². The van der Waals surface area contributed by atoms with Gasteiger partial charge in [0, 0.05) is 24.1 Å². The van der Waals surface area contributed by atoms with Gasteiger partial charge in [0.1, 0.15) is 5.65 Å². The van der Waals surface area contributed by atoms with E-state index in [-0.39, 0.29) is 11.5 Å². The first kappa shape index (κ1) is 15.5. The number of nitrogens with one attached hydrogen (secondary N) is 2. The summed E-state index contributed by atoms with van der Waals surface area (Å²) in [6.45, 7) is 1.42. The molecule has 0 saturated carbocycles. The van der Waals surface area contributed by atoms with Gasteiger partial charge < -0.3 is 15.4 Å². The van der Waals surface area contributed by atoms with Crippen molar-refractivity contribution in [2.75, 3.05) is 5.32 Å². The summed E-state index contributed by atoms with van der Waals surface area (Å²) < 4.78 is 0.